The molecule has 0 amide bonds. The number of ether oxygens (including phenoxy) is 2. The summed E-state index contributed by atoms with van der Waals surface area (Å²) >= 11 is 0. The van der Waals surface area contributed by atoms with Crippen LogP contribution in [0.3, 0.4) is 0 Å². The zero-order valence-corrected chi connectivity index (χ0v) is 24.5. The lowest BCUT2D eigenvalue weighted by atomic mass is 9.78. The first-order valence-corrected chi connectivity index (χ1v) is 16.4. The maximum atomic E-state index is 12.9. The average molecular weight is 519 g/mol. The molecular formula is C33H58O4. The van der Waals surface area contributed by atoms with E-state index in [4.69, 9.17) is 9.47 Å². The van der Waals surface area contributed by atoms with Gasteiger partial charge in [0.1, 0.15) is 12.2 Å². The minimum absolute atomic E-state index is 0.0727. The highest BCUT2D eigenvalue weighted by Crippen LogP contribution is 2.36. The number of carbonyl (C=O) groups excluding carboxylic acids is 2. The Bertz CT molecular complexity index is 645. The van der Waals surface area contributed by atoms with Crippen molar-refractivity contribution in [1.29, 1.82) is 0 Å². The molecule has 0 saturated heterocycles. The van der Waals surface area contributed by atoms with Crippen molar-refractivity contribution in [3.63, 3.8) is 0 Å². The normalized spacial score (nSPS) is 32.6. The summed E-state index contributed by atoms with van der Waals surface area (Å²) in [7, 11) is 0. The van der Waals surface area contributed by atoms with E-state index >= 15 is 0 Å². The van der Waals surface area contributed by atoms with Gasteiger partial charge in [0.15, 0.2) is 0 Å². The molecule has 0 bridgehead atoms. The Morgan fingerprint density at radius 2 is 1.00 bits per heavy atom. The maximum absolute atomic E-state index is 12.9. The second-order valence-corrected chi connectivity index (χ2v) is 13.1. The van der Waals surface area contributed by atoms with Crippen LogP contribution in [0.25, 0.3) is 0 Å². The van der Waals surface area contributed by atoms with Crippen molar-refractivity contribution < 1.29 is 19.1 Å². The zero-order chi connectivity index (χ0) is 26.5. The second-order valence-electron chi connectivity index (χ2n) is 13.1. The highest BCUT2D eigenvalue weighted by Gasteiger charge is 2.35. The predicted molar refractivity (Wildman–Crippen MR) is 151 cm³/mol. The number of esters is 2. The third-order valence-electron chi connectivity index (χ3n) is 9.83. The van der Waals surface area contributed by atoms with E-state index in [0.717, 1.165) is 56.8 Å². The van der Waals surface area contributed by atoms with Gasteiger partial charge in [-0.15, -0.1) is 0 Å². The Labute approximate surface area is 228 Å². The Balaban J connectivity index is 1.37. The molecule has 4 heteroatoms. The summed E-state index contributed by atoms with van der Waals surface area (Å²) in [6.07, 6.45) is 23.6. The first-order chi connectivity index (χ1) is 18.0. The third kappa shape index (κ3) is 11.3. The van der Waals surface area contributed by atoms with Crippen LogP contribution in [0.5, 0.6) is 0 Å². The highest BCUT2D eigenvalue weighted by molar-refractivity contribution is 5.71. The van der Waals surface area contributed by atoms with Gasteiger partial charge in [-0.3, -0.25) is 9.59 Å². The Hall–Kier alpha value is -1.06. The largest absolute Gasteiger partial charge is 0.458 e. The molecule has 0 heterocycles. The summed E-state index contributed by atoms with van der Waals surface area (Å²) in [5.74, 6) is 3.02. The fraction of sp³-hybridized carbons (Fsp3) is 0.939. The van der Waals surface area contributed by atoms with Gasteiger partial charge in [-0.2, -0.15) is 0 Å². The standard InChI is InChI=1S/C33H58O4/c1-4-6-8-10-26-13-17-28(18-14-26)23-32(34)36-30-21-12-25(3)22-31(30)37-33(35)24-29-19-15-27(16-20-29)11-9-7-5-2/h25-31H,4-24H2,1-3H3. The zero-order valence-electron chi connectivity index (χ0n) is 24.5. The van der Waals surface area contributed by atoms with Gasteiger partial charge in [-0.25, -0.2) is 0 Å². The Kier molecular flexibility index (Phi) is 13.8. The van der Waals surface area contributed by atoms with Crippen LogP contribution in [0.4, 0.5) is 0 Å². The fourth-order valence-corrected chi connectivity index (χ4v) is 7.28. The first kappa shape index (κ1) is 30.5. The van der Waals surface area contributed by atoms with Gasteiger partial charge >= 0.3 is 11.9 Å². The van der Waals surface area contributed by atoms with E-state index in [1.807, 2.05) is 0 Å². The molecule has 37 heavy (non-hydrogen) atoms. The number of hydrogen-bond donors (Lipinski definition) is 0. The molecule has 4 nitrogen and oxygen atoms in total. The van der Waals surface area contributed by atoms with Crippen LogP contribution in [-0.2, 0) is 19.1 Å². The van der Waals surface area contributed by atoms with Crippen molar-refractivity contribution >= 4 is 11.9 Å². The van der Waals surface area contributed by atoms with Crippen molar-refractivity contribution in [2.45, 2.75) is 168 Å². The number of rotatable bonds is 14. The van der Waals surface area contributed by atoms with E-state index < -0.39 is 0 Å². The summed E-state index contributed by atoms with van der Waals surface area (Å²) in [5.41, 5.74) is 0. The van der Waals surface area contributed by atoms with Gasteiger partial charge in [-0.1, -0.05) is 97.8 Å². The van der Waals surface area contributed by atoms with E-state index in [2.05, 4.69) is 20.8 Å². The minimum atomic E-state index is -0.264. The monoisotopic (exact) mass is 518 g/mol. The molecule has 0 radical (unpaired) electrons. The van der Waals surface area contributed by atoms with Gasteiger partial charge in [0, 0.05) is 12.8 Å². The first-order valence-electron chi connectivity index (χ1n) is 16.4. The summed E-state index contributed by atoms with van der Waals surface area (Å²) in [4.78, 5) is 25.8. The lowest BCUT2D eigenvalue weighted by molar-refractivity contribution is -0.174. The molecular weight excluding hydrogens is 460 g/mol. The van der Waals surface area contributed by atoms with E-state index in [-0.39, 0.29) is 24.1 Å². The molecule has 3 rings (SSSR count). The lowest BCUT2D eigenvalue weighted by Gasteiger charge is -2.35. The molecule has 0 aliphatic heterocycles. The average Bonchev–Trinajstić information content (AvgIpc) is 2.88. The smallest absolute Gasteiger partial charge is 0.306 e. The van der Waals surface area contributed by atoms with Crippen molar-refractivity contribution in [1.82, 2.24) is 0 Å². The molecule has 3 atom stereocenters. The molecule has 214 valence electrons. The van der Waals surface area contributed by atoms with Gasteiger partial charge in [-0.05, 0) is 74.5 Å². The van der Waals surface area contributed by atoms with Crippen LogP contribution in [0.1, 0.15) is 156 Å². The van der Waals surface area contributed by atoms with Crippen molar-refractivity contribution in [2.75, 3.05) is 0 Å². The van der Waals surface area contributed by atoms with Crippen molar-refractivity contribution in [2.24, 2.45) is 29.6 Å². The molecule has 3 saturated carbocycles. The second kappa shape index (κ2) is 16.8. The van der Waals surface area contributed by atoms with Crippen LogP contribution in [0.2, 0.25) is 0 Å². The Morgan fingerprint density at radius 3 is 1.46 bits per heavy atom. The van der Waals surface area contributed by atoms with Gasteiger partial charge < -0.3 is 9.47 Å². The summed E-state index contributed by atoms with van der Waals surface area (Å²) < 4.78 is 12.0. The topological polar surface area (TPSA) is 52.6 Å². The number of unbranched alkanes of at least 4 members (excludes halogenated alkanes) is 4. The lowest BCUT2D eigenvalue weighted by Crippen LogP contribution is -2.40. The van der Waals surface area contributed by atoms with Gasteiger partial charge in [0.2, 0.25) is 0 Å². The minimum Gasteiger partial charge on any atom is -0.458 e. The van der Waals surface area contributed by atoms with E-state index in [9.17, 15) is 9.59 Å². The molecule has 0 spiro atoms. The van der Waals surface area contributed by atoms with Gasteiger partial charge in [0.05, 0.1) is 0 Å². The third-order valence-corrected chi connectivity index (χ3v) is 9.83. The molecule has 0 N–H and O–H groups in total. The van der Waals surface area contributed by atoms with E-state index in [1.165, 1.54) is 77.0 Å². The van der Waals surface area contributed by atoms with Crippen molar-refractivity contribution in [3.05, 3.63) is 0 Å². The molecule has 0 aromatic heterocycles. The van der Waals surface area contributed by atoms with Crippen LogP contribution < -0.4 is 0 Å². The Morgan fingerprint density at radius 1 is 0.568 bits per heavy atom. The fourth-order valence-electron chi connectivity index (χ4n) is 7.28. The van der Waals surface area contributed by atoms with E-state index in [0.29, 0.717) is 30.6 Å². The van der Waals surface area contributed by atoms with Crippen LogP contribution >= 0.6 is 0 Å². The van der Waals surface area contributed by atoms with Crippen LogP contribution in [0.15, 0.2) is 0 Å². The molecule has 3 fully saturated rings. The molecule has 3 aliphatic rings. The van der Waals surface area contributed by atoms with Gasteiger partial charge in [0.25, 0.3) is 0 Å². The van der Waals surface area contributed by atoms with Crippen LogP contribution in [-0.4, -0.2) is 24.1 Å². The SMILES string of the molecule is CCCCCC1CCC(CC(=O)OC2CCC(C)CC2OC(=O)CC2CCC(CCCCC)CC2)CC1. The highest BCUT2D eigenvalue weighted by atomic mass is 16.6. The number of hydrogen-bond acceptors (Lipinski definition) is 4. The van der Waals surface area contributed by atoms with Crippen LogP contribution in [0, 0.1) is 29.6 Å². The molecule has 3 unspecified atom stereocenters. The number of carbonyl (C=O) groups is 2. The molecule has 3 aliphatic carbocycles. The molecule has 0 aromatic rings. The van der Waals surface area contributed by atoms with Crippen molar-refractivity contribution in [3.8, 4) is 0 Å². The van der Waals surface area contributed by atoms with E-state index in [1.54, 1.807) is 0 Å². The predicted octanol–water partition coefficient (Wildman–Crippen LogP) is 9.18. The summed E-state index contributed by atoms with van der Waals surface area (Å²) in [6.45, 7) is 6.75. The summed E-state index contributed by atoms with van der Waals surface area (Å²) in [5, 5.41) is 0. The maximum Gasteiger partial charge on any atom is 0.306 e. The quantitative estimate of drug-likeness (QED) is 0.170. The summed E-state index contributed by atoms with van der Waals surface area (Å²) in [6, 6.07) is 0. The molecule has 0 aromatic carbocycles.